The van der Waals surface area contributed by atoms with Crippen LogP contribution in [0.4, 0.5) is 5.69 Å². The van der Waals surface area contributed by atoms with Crippen molar-refractivity contribution in [2.75, 3.05) is 5.01 Å². The van der Waals surface area contributed by atoms with Gasteiger partial charge in [-0.3, -0.25) is 4.79 Å². The average Bonchev–Trinajstić information content (AvgIpc) is 3.37. The van der Waals surface area contributed by atoms with Gasteiger partial charge in [0.1, 0.15) is 0 Å². The lowest BCUT2D eigenvalue weighted by molar-refractivity contribution is -0.114. The van der Waals surface area contributed by atoms with E-state index in [-0.39, 0.29) is 5.91 Å². The van der Waals surface area contributed by atoms with Crippen molar-refractivity contribution in [3.63, 3.8) is 0 Å². The third kappa shape index (κ3) is 4.21. The number of aromatic nitrogens is 2. The highest BCUT2D eigenvalue weighted by molar-refractivity contribution is 6.33. The van der Waals surface area contributed by atoms with Gasteiger partial charge in [0, 0.05) is 27.4 Å². The Morgan fingerprint density at radius 3 is 2.30 bits per heavy atom. The quantitative estimate of drug-likeness (QED) is 0.312. The summed E-state index contributed by atoms with van der Waals surface area (Å²) in [6.45, 7) is 1.82. The number of para-hydroxylation sites is 1. The van der Waals surface area contributed by atoms with Crippen molar-refractivity contribution in [1.29, 1.82) is 0 Å². The third-order valence-corrected chi connectivity index (χ3v) is 5.78. The summed E-state index contributed by atoms with van der Waals surface area (Å²) in [5.41, 5.74) is 5.09. The predicted octanol–water partition coefficient (Wildman–Crippen LogP) is 6.65. The molecule has 4 aromatic rings. The molecule has 0 fully saturated rings. The number of hydrogen-bond donors (Lipinski definition) is 0. The first-order valence-electron chi connectivity index (χ1n) is 10.3. The molecule has 1 amide bonds. The fourth-order valence-corrected chi connectivity index (χ4v) is 3.97. The molecule has 0 radical (unpaired) electrons. The molecule has 0 atom stereocenters. The van der Waals surface area contributed by atoms with Crippen molar-refractivity contribution >= 4 is 46.6 Å². The van der Waals surface area contributed by atoms with Crippen molar-refractivity contribution < 1.29 is 4.79 Å². The molecule has 162 valence electrons. The number of carbonyl (C=O) groups excluding carboxylic acids is 1. The van der Waals surface area contributed by atoms with Gasteiger partial charge in [-0.15, -0.1) is 0 Å². The van der Waals surface area contributed by atoms with Crippen LogP contribution in [0.3, 0.4) is 0 Å². The highest BCUT2D eigenvalue weighted by Crippen LogP contribution is 2.30. The Labute approximate surface area is 201 Å². The number of rotatable bonds is 4. The molecule has 0 spiro atoms. The summed E-state index contributed by atoms with van der Waals surface area (Å²) >= 11 is 12.2. The minimum atomic E-state index is -0.218. The van der Waals surface area contributed by atoms with Crippen molar-refractivity contribution in [2.24, 2.45) is 5.10 Å². The number of halogens is 2. The maximum atomic E-state index is 13.3. The molecule has 3 aromatic carbocycles. The van der Waals surface area contributed by atoms with Gasteiger partial charge in [-0.05, 0) is 55.5 Å². The number of anilines is 1. The molecule has 1 aromatic heterocycles. The molecule has 1 aliphatic rings. The molecule has 33 heavy (non-hydrogen) atoms. The van der Waals surface area contributed by atoms with E-state index >= 15 is 0 Å². The van der Waals surface area contributed by atoms with Gasteiger partial charge in [0.05, 0.1) is 28.4 Å². The third-order valence-electron chi connectivity index (χ3n) is 5.30. The van der Waals surface area contributed by atoms with Gasteiger partial charge >= 0.3 is 0 Å². The molecular formula is C26H18Cl2N4O. The molecule has 1 aliphatic heterocycles. The van der Waals surface area contributed by atoms with Crippen LogP contribution in [0.2, 0.25) is 10.0 Å². The fraction of sp³-hybridized carbons (Fsp3) is 0.0385. The molecule has 2 heterocycles. The fourth-order valence-electron chi connectivity index (χ4n) is 3.66. The van der Waals surface area contributed by atoms with Crippen LogP contribution in [0.25, 0.3) is 23.0 Å². The molecular weight excluding hydrogens is 455 g/mol. The summed E-state index contributed by atoms with van der Waals surface area (Å²) in [6, 6.07) is 24.4. The van der Waals surface area contributed by atoms with Crippen LogP contribution >= 0.6 is 23.2 Å². The zero-order valence-corrected chi connectivity index (χ0v) is 19.1. The summed E-state index contributed by atoms with van der Waals surface area (Å²) < 4.78 is 1.80. The Morgan fingerprint density at radius 2 is 1.58 bits per heavy atom. The highest BCUT2D eigenvalue weighted by Gasteiger charge is 2.29. The summed E-state index contributed by atoms with van der Waals surface area (Å²) in [5, 5.41) is 11.8. The van der Waals surface area contributed by atoms with Crippen molar-refractivity contribution in [1.82, 2.24) is 9.78 Å². The molecule has 0 unspecified atom stereocenters. The number of hydrogen-bond acceptors (Lipinski definition) is 3. The molecule has 0 saturated carbocycles. The Bertz CT molecular complexity index is 1410. The first-order valence-corrected chi connectivity index (χ1v) is 11.0. The number of amides is 1. The zero-order valence-electron chi connectivity index (χ0n) is 17.6. The van der Waals surface area contributed by atoms with Gasteiger partial charge in [-0.1, -0.05) is 59.6 Å². The van der Waals surface area contributed by atoms with Gasteiger partial charge in [-0.2, -0.15) is 15.2 Å². The van der Waals surface area contributed by atoms with E-state index in [9.17, 15) is 4.79 Å². The predicted molar refractivity (Wildman–Crippen MR) is 134 cm³/mol. The molecule has 0 saturated heterocycles. The normalized spacial score (nSPS) is 14.8. The van der Waals surface area contributed by atoms with Gasteiger partial charge in [-0.25, -0.2) is 4.68 Å². The number of benzene rings is 3. The molecule has 0 N–H and O–H groups in total. The van der Waals surface area contributed by atoms with Crippen molar-refractivity contribution in [3.05, 3.63) is 106 Å². The second kappa shape index (κ2) is 8.70. The zero-order chi connectivity index (χ0) is 22.9. The maximum Gasteiger partial charge on any atom is 0.280 e. The van der Waals surface area contributed by atoms with Crippen LogP contribution < -0.4 is 5.01 Å². The Morgan fingerprint density at radius 1 is 0.848 bits per heavy atom. The molecule has 5 nitrogen and oxygen atoms in total. The average molecular weight is 473 g/mol. The Balaban J connectivity index is 1.60. The number of carbonyl (C=O) groups is 1. The minimum absolute atomic E-state index is 0.218. The van der Waals surface area contributed by atoms with E-state index in [1.807, 2.05) is 73.8 Å². The van der Waals surface area contributed by atoms with Gasteiger partial charge in [0.2, 0.25) is 0 Å². The van der Waals surface area contributed by atoms with Crippen LogP contribution in [-0.4, -0.2) is 21.4 Å². The van der Waals surface area contributed by atoms with Crippen LogP contribution in [0.5, 0.6) is 0 Å². The first-order chi connectivity index (χ1) is 16.0. The minimum Gasteiger partial charge on any atom is -0.267 e. The van der Waals surface area contributed by atoms with E-state index < -0.39 is 0 Å². The van der Waals surface area contributed by atoms with Crippen LogP contribution in [0.1, 0.15) is 12.5 Å². The van der Waals surface area contributed by atoms with E-state index in [2.05, 4.69) is 5.10 Å². The lowest BCUT2D eigenvalue weighted by atomic mass is 10.0. The number of hydrazone groups is 1. The van der Waals surface area contributed by atoms with Crippen LogP contribution in [0.15, 0.2) is 95.7 Å². The topological polar surface area (TPSA) is 50.5 Å². The summed E-state index contributed by atoms with van der Waals surface area (Å²) in [7, 11) is 0. The lowest BCUT2D eigenvalue weighted by Gasteiger charge is -2.11. The SMILES string of the molecule is CC1=NN(c2cccc(Cl)c2)C(=O)/C1=C\c1cn(-c2ccccc2)nc1-c1ccc(Cl)cc1. The highest BCUT2D eigenvalue weighted by atomic mass is 35.5. The second-order valence-electron chi connectivity index (χ2n) is 7.56. The molecule has 5 rings (SSSR count). The second-order valence-corrected chi connectivity index (χ2v) is 8.43. The summed E-state index contributed by atoms with van der Waals surface area (Å²) in [4.78, 5) is 13.3. The van der Waals surface area contributed by atoms with Gasteiger partial charge in [0.25, 0.3) is 5.91 Å². The molecule has 0 bridgehead atoms. The first kappa shape index (κ1) is 21.2. The largest absolute Gasteiger partial charge is 0.280 e. The van der Waals surface area contributed by atoms with Crippen LogP contribution in [0, 0.1) is 0 Å². The molecule has 7 heteroatoms. The molecule has 0 aliphatic carbocycles. The van der Waals surface area contributed by atoms with Crippen LogP contribution in [-0.2, 0) is 4.79 Å². The van der Waals surface area contributed by atoms with E-state index in [1.165, 1.54) is 5.01 Å². The maximum absolute atomic E-state index is 13.3. The van der Waals surface area contributed by atoms with E-state index in [4.69, 9.17) is 28.3 Å². The smallest absolute Gasteiger partial charge is 0.267 e. The number of nitrogens with zero attached hydrogens (tertiary/aromatic N) is 4. The van der Waals surface area contributed by atoms with Crippen molar-refractivity contribution in [3.8, 4) is 16.9 Å². The Hall–Kier alpha value is -3.67. The van der Waals surface area contributed by atoms with E-state index in [0.717, 1.165) is 22.5 Å². The Kier molecular flexibility index (Phi) is 5.58. The standard InChI is InChI=1S/C26H18Cl2N4O/c1-17-24(26(33)32(29-17)23-9-5-6-21(28)15-23)14-19-16-31(22-7-3-2-4-8-22)30-25(19)18-10-12-20(27)13-11-18/h2-16H,1H3/b24-14-. The lowest BCUT2D eigenvalue weighted by Crippen LogP contribution is -2.21. The van der Waals surface area contributed by atoms with E-state index in [1.54, 1.807) is 28.9 Å². The monoisotopic (exact) mass is 472 g/mol. The van der Waals surface area contributed by atoms with Crippen molar-refractivity contribution in [2.45, 2.75) is 6.92 Å². The van der Waals surface area contributed by atoms with E-state index in [0.29, 0.717) is 27.0 Å². The summed E-state index contributed by atoms with van der Waals surface area (Å²) in [6.07, 6.45) is 3.75. The van der Waals surface area contributed by atoms with Gasteiger partial charge in [0.15, 0.2) is 0 Å². The van der Waals surface area contributed by atoms with Gasteiger partial charge < -0.3 is 0 Å². The summed E-state index contributed by atoms with van der Waals surface area (Å²) in [5.74, 6) is -0.218.